The Morgan fingerprint density at radius 1 is 1.32 bits per heavy atom. The third-order valence-electron chi connectivity index (χ3n) is 2.61. The van der Waals surface area contributed by atoms with E-state index in [1.165, 1.54) is 18.0 Å². The number of hydrogen-bond acceptors (Lipinski definition) is 4. The van der Waals surface area contributed by atoms with Crippen LogP contribution in [0.2, 0.25) is 0 Å². The summed E-state index contributed by atoms with van der Waals surface area (Å²) in [5, 5.41) is 9.19. The van der Waals surface area contributed by atoms with Gasteiger partial charge >= 0.3 is 11.9 Å². The molecule has 0 amide bonds. The molecule has 0 fully saturated rings. The van der Waals surface area contributed by atoms with Crippen molar-refractivity contribution in [2.45, 2.75) is 6.54 Å². The number of benzene rings is 1. The number of carboxylic acid groups (broad SMARTS) is 1. The van der Waals surface area contributed by atoms with E-state index in [0.29, 0.717) is 6.54 Å². The molecule has 98 valence electrons. The van der Waals surface area contributed by atoms with Crippen molar-refractivity contribution >= 4 is 11.9 Å². The van der Waals surface area contributed by atoms with Gasteiger partial charge in [-0.3, -0.25) is 0 Å². The first-order valence-electron chi connectivity index (χ1n) is 5.54. The monoisotopic (exact) mass is 260 g/mol. The highest BCUT2D eigenvalue weighted by Crippen LogP contribution is 2.12. The third kappa shape index (κ3) is 2.62. The molecule has 2 aromatic rings. The second kappa shape index (κ2) is 5.34. The molecular weight excluding hydrogens is 248 g/mol. The third-order valence-corrected chi connectivity index (χ3v) is 2.61. The zero-order valence-electron chi connectivity index (χ0n) is 10.2. The number of carboxylic acids is 1. The molecule has 0 aliphatic rings. The zero-order valence-corrected chi connectivity index (χ0v) is 10.2. The number of carbonyl (C=O) groups excluding carboxylic acids is 1. The Labute approximate surface area is 109 Å². The van der Waals surface area contributed by atoms with Gasteiger partial charge in [-0.15, -0.1) is 0 Å². The number of ether oxygens (including phenoxy) is 1. The number of rotatable bonds is 4. The Morgan fingerprint density at radius 2 is 2.00 bits per heavy atom. The molecule has 0 saturated carbocycles. The van der Waals surface area contributed by atoms with Crippen molar-refractivity contribution in [1.82, 2.24) is 9.55 Å². The molecule has 1 aromatic carbocycles. The summed E-state index contributed by atoms with van der Waals surface area (Å²) in [6, 6.07) is 9.31. The lowest BCUT2D eigenvalue weighted by atomic mass is 10.2. The number of esters is 1. The molecule has 6 heteroatoms. The molecule has 19 heavy (non-hydrogen) atoms. The largest absolute Gasteiger partial charge is 0.476 e. The standard InChI is InChI=1S/C13H12N2O4/c1-19-13(18)10-11(12(16)17)15(8-14-10)7-9-5-3-2-4-6-9/h2-6,8H,7H2,1H3,(H,16,17). The Hall–Kier alpha value is -2.63. The van der Waals surface area contributed by atoms with Crippen LogP contribution in [-0.2, 0) is 11.3 Å². The quantitative estimate of drug-likeness (QED) is 0.841. The van der Waals surface area contributed by atoms with Gasteiger partial charge in [0.1, 0.15) is 0 Å². The van der Waals surface area contributed by atoms with Crippen molar-refractivity contribution < 1.29 is 19.4 Å². The van der Waals surface area contributed by atoms with E-state index in [2.05, 4.69) is 9.72 Å². The maximum Gasteiger partial charge on any atom is 0.359 e. The number of aromatic carboxylic acids is 1. The van der Waals surface area contributed by atoms with Crippen LogP contribution in [-0.4, -0.2) is 33.7 Å². The van der Waals surface area contributed by atoms with Gasteiger partial charge in [0, 0.05) is 6.54 Å². The van der Waals surface area contributed by atoms with Gasteiger partial charge in [-0.2, -0.15) is 0 Å². The van der Waals surface area contributed by atoms with E-state index < -0.39 is 11.9 Å². The van der Waals surface area contributed by atoms with Crippen molar-refractivity contribution in [3.63, 3.8) is 0 Å². The fraction of sp³-hybridized carbons (Fsp3) is 0.154. The van der Waals surface area contributed by atoms with Gasteiger partial charge in [-0.05, 0) is 5.56 Å². The van der Waals surface area contributed by atoms with Crippen LogP contribution in [0, 0.1) is 0 Å². The Balaban J connectivity index is 2.39. The first kappa shape index (κ1) is 12.8. The number of imidazole rings is 1. The zero-order chi connectivity index (χ0) is 13.8. The van der Waals surface area contributed by atoms with Gasteiger partial charge in [0.2, 0.25) is 0 Å². The summed E-state index contributed by atoms with van der Waals surface area (Å²) >= 11 is 0. The molecule has 0 radical (unpaired) electrons. The highest BCUT2D eigenvalue weighted by Gasteiger charge is 2.23. The summed E-state index contributed by atoms with van der Waals surface area (Å²) in [6.45, 7) is 0.326. The lowest BCUT2D eigenvalue weighted by Gasteiger charge is -2.06. The van der Waals surface area contributed by atoms with Crippen molar-refractivity contribution in [2.24, 2.45) is 0 Å². The van der Waals surface area contributed by atoms with Gasteiger partial charge in [-0.25, -0.2) is 14.6 Å². The molecule has 0 spiro atoms. The molecule has 0 aliphatic heterocycles. The summed E-state index contributed by atoms with van der Waals surface area (Å²) in [6.07, 6.45) is 1.32. The van der Waals surface area contributed by atoms with Crippen LogP contribution >= 0.6 is 0 Å². The normalized spacial score (nSPS) is 10.2. The average molecular weight is 260 g/mol. The summed E-state index contributed by atoms with van der Waals surface area (Å²) in [7, 11) is 1.18. The molecule has 1 heterocycles. The maximum atomic E-state index is 11.4. The van der Waals surface area contributed by atoms with Crippen LogP contribution in [0.1, 0.15) is 26.5 Å². The van der Waals surface area contributed by atoms with Crippen molar-refractivity contribution in [3.8, 4) is 0 Å². The molecule has 6 nitrogen and oxygen atoms in total. The van der Waals surface area contributed by atoms with Crippen LogP contribution in [0.4, 0.5) is 0 Å². The van der Waals surface area contributed by atoms with E-state index in [4.69, 9.17) is 0 Å². The highest BCUT2D eigenvalue weighted by atomic mass is 16.5. The van der Waals surface area contributed by atoms with E-state index >= 15 is 0 Å². The first-order chi connectivity index (χ1) is 9.13. The first-order valence-corrected chi connectivity index (χ1v) is 5.54. The summed E-state index contributed by atoms with van der Waals surface area (Å²) in [5.41, 5.74) is 0.556. The van der Waals surface area contributed by atoms with Crippen LogP contribution in [0.15, 0.2) is 36.7 Å². The van der Waals surface area contributed by atoms with Gasteiger partial charge in [0.05, 0.1) is 13.4 Å². The highest BCUT2D eigenvalue weighted by molar-refractivity contribution is 5.99. The minimum atomic E-state index is -1.21. The lowest BCUT2D eigenvalue weighted by molar-refractivity contribution is 0.0574. The fourth-order valence-corrected chi connectivity index (χ4v) is 1.75. The van der Waals surface area contributed by atoms with Crippen molar-refractivity contribution in [3.05, 3.63) is 53.6 Å². The van der Waals surface area contributed by atoms with Gasteiger partial charge in [-0.1, -0.05) is 30.3 Å². The van der Waals surface area contributed by atoms with Crippen LogP contribution in [0.3, 0.4) is 0 Å². The van der Waals surface area contributed by atoms with Crippen LogP contribution in [0.5, 0.6) is 0 Å². The molecule has 1 aromatic heterocycles. The smallest absolute Gasteiger partial charge is 0.359 e. The summed E-state index contributed by atoms with van der Waals surface area (Å²) < 4.78 is 5.92. The number of nitrogens with zero attached hydrogens (tertiary/aromatic N) is 2. The van der Waals surface area contributed by atoms with Gasteiger partial charge in [0.25, 0.3) is 0 Å². The molecule has 0 unspecified atom stereocenters. The van der Waals surface area contributed by atoms with E-state index in [0.717, 1.165) is 5.56 Å². The molecule has 0 bridgehead atoms. The Kier molecular flexibility index (Phi) is 3.61. The second-order valence-electron chi connectivity index (χ2n) is 3.85. The van der Waals surface area contributed by atoms with Crippen molar-refractivity contribution in [1.29, 1.82) is 0 Å². The topological polar surface area (TPSA) is 81.4 Å². The molecule has 0 aliphatic carbocycles. The Bertz CT molecular complexity index is 604. The summed E-state index contributed by atoms with van der Waals surface area (Å²) in [5.74, 6) is -1.97. The van der Waals surface area contributed by atoms with E-state index in [9.17, 15) is 14.7 Å². The second-order valence-corrected chi connectivity index (χ2v) is 3.85. The van der Waals surface area contributed by atoms with E-state index in [-0.39, 0.29) is 11.4 Å². The minimum Gasteiger partial charge on any atom is -0.476 e. The lowest BCUT2D eigenvalue weighted by Crippen LogP contribution is -2.14. The van der Waals surface area contributed by atoms with Gasteiger partial charge < -0.3 is 14.4 Å². The van der Waals surface area contributed by atoms with E-state index in [1.807, 2.05) is 30.3 Å². The molecular formula is C13H12N2O4. The van der Waals surface area contributed by atoms with Crippen LogP contribution in [0.25, 0.3) is 0 Å². The number of hydrogen-bond donors (Lipinski definition) is 1. The number of aromatic nitrogens is 2. The predicted octanol–water partition coefficient (Wildman–Crippen LogP) is 1.42. The number of methoxy groups -OCH3 is 1. The maximum absolute atomic E-state index is 11.4. The SMILES string of the molecule is COC(=O)c1ncn(Cc2ccccc2)c1C(=O)O. The molecule has 1 N–H and O–H groups in total. The molecule has 0 saturated heterocycles. The van der Waals surface area contributed by atoms with Crippen molar-refractivity contribution in [2.75, 3.05) is 7.11 Å². The predicted molar refractivity (Wildman–Crippen MR) is 66.1 cm³/mol. The van der Waals surface area contributed by atoms with E-state index in [1.54, 1.807) is 0 Å². The average Bonchev–Trinajstić information content (AvgIpc) is 2.83. The van der Waals surface area contributed by atoms with Crippen LogP contribution < -0.4 is 0 Å². The fourth-order valence-electron chi connectivity index (χ4n) is 1.75. The summed E-state index contributed by atoms with van der Waals surface area (Å²) in [4.78, 5) is 26.5. The minimum absolute atomic E-state index is 0.171. The number of carbonyl (C=O) groups is 2. The molecule has 0 atom stereocenters. The Morgan fingerprint density at radius 3 is 2.58 bits per heavy atom. The molecule has 2 rings (SSSR count). The van der Waals surface area contributed by atoms with Gasteiger partial charge in [0.15, 0.2) is 11.4 Å².